The van der Waals surface area contributed by atoms with Gasteiger partial charge in [0.05, 0.1) is 0 Å². The Morgan fingerprint density at radius 1 is 1.17 bits per heavy atom. The lowest BCUT2D eigenvalue weighted by Gasteiger charge is -2.26. The van der Waals surface area contributed by atoms with E-state index in [1.807, 2.05) is 42.5 Å². The molecule has 5 heteroatoms. The monoisotopic (exact) mass is 309 g/mol. The van der Waals surface area contributed by atoms with Crippen molar-refractivity contribution >= 4 is 12.1 Å². The van der Waals surface area contributed by atoms with Gasteiger partial charge in [0.25, 0.3) is 0 Å². The van der Waals surface area contributed by atoms with Crippen LogP contribution in [0.3, 0.4) is 0 Å². The Morgan fingerprint density at radius 2 is 2.00 bits per heavy atom. The van der Waals surface area contributed by atoms with E-state index in [4.69, 9.17) is 10.5 Å². The van der Waals surface area contributed by atoms with Gasteiger partial charge in [0, 0.05) is 25.4 Å². The summed E-state index contributed by atoms with van der Waals surface area (Å²) >= 11 is 0. The summed E-state index contributed by atoms with van der Waals surface area (Å²) in [5.41, 5.74) is 7.70. The van der Waals surface area contributed by atoms with Crippen LogP contribution in [-0.2, 0) is 0 Å². The second-order valence-corrected chi connectivity index (χ2v) is 5.47. The number of likely N-dealkylation sites (tertiary alicyclic amines) is 1. The fourth-order valence-electron chi connectivity index (χ4n) is 2.59. The molecule has 118 valence electrons. The number of rotatable bonds is 3. The molecule has 1 aromatic carbocycles. The quantitative estimate of drug-likeness (QED) is 0.944. The average Bonchev–Trinajstić information content (AvgIpc) is 2.57. The van der Waals surface area contributed by atoms with Crippen LogP contribution in [0.5, 0.6) is 11.6 Å². The SMILES string of the molecule is NC(=O)N1CCC(=Cc2cccc(Oc3ccccn3)c2)CC1. The third kappa shape index (κ3) is 4.10. The summed E-state index contributed by atoms with van der Waals surface area (Å²) < 4.78 is 5.75. The van der Waals surface area contributed by atoms with E-state index < -0.39 is 0 Å². The van der Waals surface area contributed by atoms with Gasteiger partial charge >= 0.3 is 6.03 Å². The van der Waals surface area contributed by atoms with Crippen LogP contribution < -0.4 is 10.5 Å². The number of nitrogens with zero attached hydrogens (tertiary/aromatic N) is 2. The molecule has 5 nitrogen and oxygen atoms in total. The fourth-order valence-corrected chi connectivity index (χ4v) is 2.59. The van der Waals surface area contributed by atoms with Crippen LogP contribution in [-0.4, -0.2) is 29.0 Å². The van der Waals surface area contributed by atoms with Crippen molar-refractivity contribution in [3.8, 4) is 11.6 Å². The summed E-state index contributed by atoms with van der Waals surface area (Å²) in [7, 11) is 0. The van der Waals surface area contributed by atoms with E-state index in [-0.39, 0.29) is 6.03 Å². The molecule has 2 amide bonds. The molecule has 0 aliphatic carbocycles. The van der Waals surface area contributed by atoms with E-state index in [9.17, 15) is 4.79 Å². The molecule has 1 aliphatic rings. The van der Waals surface area contributed by atoms with Gasteiger partial charge in [-0.3, -0.25) is 0 Å². The summed E-state index contributed by atoms with van der Waals surface area (Å²) in [4.78, 5) is 17.0. The van der Waals surface area contributed by atoms with Gasteiger partial charge in [-0.25, -0.2) is 9.78 Å². The topological polar surface area (TPSA) is 68.5 Å². The molecule has 3 rings (SSSR count). The average molecular weight is 309 g/mol. The van der Waals surface area contributed by atoms with E-state index >= 15 is 0 Å². The van der Waals surface area contributed by atoms with Gasteiger partial charge in [0.15, 0.2) is 0 Å². The molecule has 1 aromatic heterocycles. The number of carbonyl (C=O) groups is 1. The second kappa shape index (κ2) is 6.96. The Bertz CT molecular complexity index is 703. The molecule has 0 bridgehead atoms. The number of nitrogens with two attached hydrogens (primary N) is 1. The van der Waals surface area contributed by atoms with Crippen molar-refractivity contribution < 1.29 is 9.53 Å². The van der Waals surface area contributed by atoms with Crippen molar-refractivity contribution in [2.45, 2.75) is 12.8 Å². The highest BCUT2D eigenvalue weighted by Gasteiger charge is 2.16. The van der Waals surface area contributed by atoms with Crippen molar-refractivity contribution in [3.05, 3.63) is 59.8 Å². The number of hydrogen-bond donors (Lipinski definition) is 1. The first kappa shape index (κ1) is 15.1. The maximum atomic E-state index is 11.1. The first-order chi connectivity index (χ1) is 11.2. The Balaban J connectivity index is 1.68. The largest absolute Gasteiger partial charge is 0.439 e. The summed E-state index contributed by atoms with van der Waals surface area (Å²) in [6.45, 7) is 1.37. The van der Waals surface area contributed by atoms with Gasteiger partial charge in [-0.05, 0) is 36.6 Å². The molecular weight excluding hydrogens is 290 g/mol. The second-order valence-electron chi connectivity index (χ2n) is 5.47. The highest BCUT2D eigenvalue weighted by Crippen LogP contribution is 2.24. The molecule has 1 aliphatic heterocycles. The van der Waals surface area contributed by atoms with E-state index in [0.29, 0.717) is 19.0 Å². The first-order valence-electron chi connectivity index (χ1n) is 7.63. The summed E-state index contributed by atoms with van der Waals surface area (Å²) in [6.07, 6.45) is 5.57. The number of aromatic nitrogens is 1. The maximum absolute atomic E-state index is 11.1. The highest BCUT2D eigenvalue weighted by atomic mass is 16.5. The van der Waals surface area contributed by atoms with Crippen LogP contribution in [0, 0.1) is 0 Å². The fraction of sp³-hybridized carbons (Fsp3) is 0.222. The predicted molar refractivity (Wildman–Crippen MR) is 89.1 cm³/mol. The lowest BCUT2D eigenvalue weighted by atomic mass is 10.0. The standard InChI is InChI=1S/C18H19N3O2/c19-18(22)21-10-7-14(8-11-21)12-15-4-3-5-16(13-15)23-17-6-1-2-9-20-17/h1-6,9,12-13H,7-8,10-11H2,(H2,19,22). The Hall–Kier alpha value is -2.82. The zero-order valence-corrected chi connectivity index (χ0v) is 12.8. The number of urea groups is 1. The molecule has 0 atom stereocenters. The zero-order valence-electron chi connectivity index (χ0n) is 12.8. The summed E-state index contributed by atoms with van der Waals surface area (Å²) in [5.74, 6) is 1.33. The summed E-state index contributed by atoms with van der Waals surface area (Å²) in [5, 5.41) is 0. The molecule has 0 spiro atoms. The molecule has 0 saturated carbocycles. The molecule has 2 aromatic rings. The van der Waals surface area contributed by atoms with Crippen LogP contribution in [0.2, 0.25) is 0 Å². The molecule has 1 fully saturated rings. The van der Waals surface area contributed by atoms with E-state index in [2.05, 4.69) is 11.1 Å². The Labute approximate surface area is 135 Å². The highest BCUT2D eigenvalue weighted by molar-refractivity contribution is 5.72. The molecule has 0 unspecified atom stereocenters. The zero-order chi connectivity index (χ0) is 16.1. The van der Waals surface area contributed by atoms with Crippen molar-refractivity contribution in [2.75, 3.05) is 13.1 Å². The number of amides is 2. The van der Waals surface area contributed by atoms with E-state index in [1.54, 1.807) is 11.1 Å². The van der Waals surface area contributed by atoms with Gasteiger partial charge in [-0.15, -0.1) is 0 Å². The normalized spacial score (nSPS) is 14.4. The van der Waals surface area contributed by atoms with Gasteiger partial charge in [-0.1, -0.05) is 29.8 Å². The number of ether oxygens (including phenoxy) is 1. The molecule has 1 saturated heterocycles. The maximum Gasteiger partial charge on any atom is 0.314 e. The number of benzene rings is 1. The predicted octanol–water partition coefficient (Wildman–Crippen LogP) is 3.43. The van der Waals surface area contributed by atoms with Gasteiger partial charge in [0.1, 0.15) is 5.75 Å². The smallest absolute Gasteiger partial charge is 0.314 e. The lowest BCUT2D eigenvalue weighted by Crippen LogP contribution is -2.39. The third-order valence-corrected chi connectivity index (χ3v) is 3.81. The minimum absolute atomic E-state index is 0.338. The molecule has 2 N–H and O–H groups in total. The minimum atomic E-state index is -0.338. The molecule has 2 heterocycles. The Kier molecular flexibility index (Phi) is 4.57. The number of carbonyl (C=O) groups excluding carboxylic acids is 1. The number of primary amides is 1. The lowest BCUT2D eigenvalue weighted by molar-refractivity contribution is 0.203. The van der Waals surface area contributed by atoms with Crippen molar-refractivity contribution in [1.82, 2.24) is 9.88 Å². The van der Waals surface area contributed by atoms with E-state index in [1.165, 1.54) is 5.57 Å². The number of hydrogen-bond acceptors (Lipinski definition) is 3. The third-order valence-electron chi connectivity index (χ3n) is 3.81. The van der Waals surface area contributed by atoms with Crippen molar-refractivity contribution in [1.29, 1.82) is 0 Å². The molecule has 23 heavy (non-hydrogen) atoms. The number of pyridine rings is 1. The van der Waals surface area contributed by atoms with Crippen LogP contribution >= 0.6 is 0 Å². The Morgan fingerprint density at radius 3 is 2.70 bits per heavy atom. The van der Waals surface area contributed by atoms with Crippen molar-refractivity contribution in [3.63, 3.8) is 0 Å². The van der Waals surface area contributed by atoms with Crippen molar-refractivity contribution in [2.24, 2.45) is 5.73 Å². The van der Waals surface area contributed by atoms with Crippen LogP contribution in [0.1, 0.15) is 18.4 Å². The molecular formula is C18H19N3O2. The van der Waals surface area contributed by atoms with Crippen LogP contribution in [0.15, 0.2) is 54.2 Å². The van der Waals surface area contributed by atoms with E-state index in [0.717, 1.165) is 24.2 Å². The van der Waals surface area contributed by atoms with Gasteiger partial charge in [-0.2, -0.15) is 0 Å². The van der Waals surface area contributed by atoms with Crippen LogP contribution in [0.4, 0.5) is 4.79 Å². The first-order valence-corrected chi connectivity index (χ1v) is 7.63. The minimum Gasteiger partial charge on any atom is -0.439 e. The van der Waals surface area contributed by atoms with Gasteiger partial charge in [0.2, 0.25) is 5.88 Å². The molecule has 0 radical (unpaired) electrons. The number of piperidine rings is 1. The van der Waals surface area contributed by atoms with Gasteiger partial charge < -0.3 is 15.4 Å². The van der Waals surface area contributed by atoms with Crippen LogP contribution in [0.25, 0.3) is 6.08 Å². The summed E-state index contributed by atoms with van der Waals surface area (Å²) in [6, 6.07) is 13.1.